The summed E-state index contributed by atoms with van der Waals surface area (Å²) in [5, 5.41) is 9.66. The van der Waals surface area contributed by atoms with Crippen molar-refractivity contribution in [3.63, 3.8) is 0 Å². The number of allylic oxidation sites excluding steroid dienone is 1. The SMILES string of the molecule is C=C(C)c1c(OC)ccc2c1C(c1ccc(C)cc1)=N[C@@H](CC(=O)O)c1cc(=O)n(C)cc1-2. The number of fused-ring (bicyclic) bond motifs is 3. The lowest BCUT2D eigenvalue weighted by Crippen LogP contribution is -2.18. The van der Waals surface area contributed by atoms with E-state index in [0.717, 1.165) is 39.0 Å². The molecule has 33 heavy (non-hydrogen) atoms. The number of aliphatic imine (C=N–C) groups is 1. The highest BCUT2D eigenvalue weighted by Crippen LogP contribution is 2.43. The summed E-state index contributed by atoms with van der Waals surface area (Å²) >= 11 is 0. The minimum Gasteiger partial charge on any atom is -0.496 e. The van der Waals surface area contributed by atoms with E-state index in [1.807, 2.05) is 50.2 Å². The number of hydrogen-bond donors (Lipinski definition) is 1. The van der Waals surface area contributed by atoms with Crippen LogP contribution in [0.4, 0.5) is 0 Å². The van der Waals surface area contributed by atoms with Gasteiger partial charge in [0.1, 0.15) is 5.75 Å². The highest BCUT2D eigenvalue weighted by atomic mass is 16.5. The number of benzene rings is 2. The molecular weight excluding hydrogens is 416 g/mol. The van der Waals surface area contributed by atoms with Gasteiger partial charge < -0.3 is 14.4 Å². The van der Waals surface area contributed by atoms with Crippen molar-refractivity contribution in [2.45, 2.75) is 26.3 Å². The van der Waals surface area contributed by atoms with E-state index in [-0.39, 0.29) is 12.0 Å². The number of carbonyl (C=O) groups is 1. The van der Waals surface area contributed by atoms with Gasteiger partial charge in [0.05, 0.1) is 25.3 Å². The van der Waals surface area contributed by atoms with Gasteiger partial charge >= 0.3 is 5.97 Å². The Hall–Kier alpha value is -3.93. The van der Waals surface area contributed by atoms with Gasteiger partial charge in [0.25, 0.3) is 5.56 Å². The predicted octanol–water partition coefficient (Wildman–Crippen LogP) is 4.77. The van der Waals surface area contributed by atoms with Crippen molar-refractivity contribution in [2.24, 2.45) is 12.0 Å². The molecule has 0 spiro atoms. The Balaban J connectivity index is 2.18. The Kier molecular flexibility index (Phi) is 5.77. The van der Waals surface area contributed by atoms with Crippen molar-refractivity contribution in [1.82, 2.24) is 4.57 Å². The second kappa shape index (κ2) is 8.54. The maximum atomic E-state index is 12.5. The summed E-state index contributed by atoms with van der Waals surface area (Å²) in [6, 6.07) is 12.5. The number of rotatable bonds is 5. The molecule has 3 aromatic rings. The van der Waals surface area contributed by atoms with Crippen LogP contribution in [-0.4, -0.2) is 28.5 Å². The molecule has 0 saturated carbocycles. The lowest BCUT2D eigenvalue weighted by Gasteiger charge is -2.19. The summed E-state index contributed by atoms with van der Waals surface area (Å²) in [5.74, 6) is -0.327. The Morgan fingerprint density at radius 1 is 1.18 bits per heavy atom. The van der Waals surface area contributed by atoms with E-state index in [4.69, 9.17) is 9.73 Å². The van der Waals surface area contributed by atoms with E-state index in [0.29, 0.717) is 17.0 Å². The van der Waals surface area contributed by atoms with Crippen LogP contribution >= 0.6 is 0 Å². The zero-order valence-electron chi connectivity index (χ0n) is 19.2. The van der Waals surface area contributed by atoms with Crippen LogP contribution in [0, 0.1) is 6.92 Å². The molecule has 2 heterocycles. The third kappa shape index (κ3) is 4.00. The first-order chi connectivity index (χ1) is 15.7. The lowest BCUT2D eigenvalue weighted by molar-refractivity contribution is -0.137. The number of aromatic nitrogens is 1. The molecule has 1 atom stereocenters. The first kappa shape index (κ1) is 22.3. The molecule has 0 aliphatic carbocycles. The van der Waals surface area contributed by atoms with Crippen LogP contribution in [0.1, 0.15) is 47.2 Å². The number of methoxy groups -OCH3 is 1. The zero-order valence-corrected chi connectivity index (χ0v) is 19.2. The summed E-state index contributed by atoms with van der Waals surface area (Å²) in [5.41, 5.74) is 7.05. The van der Waals surface area contributed by atoms with Crippen LogP contribution in [-0.2, 0) is 11.8 Å². The van der Waals surface area contributed by atoms with E-state index >= 15 is 0 Å². The molecular formula is C27H26N2O4. The summed E-state index contributed by atoms with van der Waals surface area (Å²) in [6.45, 7) is 8.10. The molecule has 168 valence electrons. The number of pyridine rings is 1. The van der Waals surface area contributed by atoms with Crippen LogP contribution in [0.15, 0.2) is 65.0 Å². The van der Waals surface area contributed by atoms with Crippen molar-refractivity contribution in [3.8, 4) is 16.9 Å². The number of carboxylic acid groups (broad SMARTS) is 1. The minimum absolute atomic E-state index is 0.215. The minimum atomic E-state index is -0.984. The van der Waals surface area contributed by atoms with Crippen LogP contribution in [0.25, 0.3) is 16.7 Å². The highest BCUT2D eigenvalue weighted by Gasteiger charge is 2.30. The Morgan fingerprint density at radius 2 is 1.88 bits per heavy atom. The third-order valence-corrected chi connectivity index (χ3v) is 5.94. The Morgan fingerprint density at radius 3 is 2.48 bits per heavy atom. The first-order valence-corrected chi connectivity index (χ1v) is 10.7. The molecule has 4 rings (SSSR count). The van der Waals surface area contributed by atoms with Gasteiger partial charge in [-0.05, 0) is 42.7 Å². The molecule has 6 heteroatoms. The molecule has 0 bridgehead atoms. The van der Waals surface area contributed by atoms with Crippen molar-refractivity contribution in [3.05, 3.63) is 93.4 Å². The molecule has 0 amide bonds. The van der Waals surface area contributed by atoms with Crippen molar-refractivity contribution in [2.75, 3.05) is 7.11 Å². The average molecular weight is 443 g/mol. The second-order valence-corrected chi connectivity index (χ2v) is 8.39. The van der Waals surface area contributed by atoms with Gasteiger partial charge in [0, 0.05) is 41.6 Å². The standard InChI is InChI=1S/C27H26N2O4/c1-15(2)25-22(33-5)11-10-18-20-14-29(4)23(30)12-19(20)21(13-24(31)32)28-27(26(18)25)17-8-6-16(3)7-9-17/h6-12,14,21H,1,13H2,2-5H3,(H,31,32)/t21-/m0/s1. The number of ether oxygens (including phenoxy) is 1. The quantitative estimate of drug-likeness (QED) is 0.617. The van der Waals surface area contributed by atoms with Gasteiger partial charge in [-0.25, -0.2) is 0 Å². The Labute approximate surface area is 192 Å². The first-order valence-electron chi connectivity index (χ1n) is 10.7. The fourth-order valence-corrected chi connectivity index (χ4v) is 4.33. The molecule has 1 aliphatic heterocycles. The fourth-order valence-electron chi connectivity index (χ4n) is 4.33. The van der Waals surface area contributed by atoms with Gasteiger partial charge in [-0.3, -0.25) is 14.6 Å². The number of aryl methyl sites for hydroxylation is 2. The van der Waals surface area contributed by atoms with E-state index in [9.17, 15) is 14.7 Å². The molecule has 1 N–H and O–H groups in total. The number of aliphatic carboxylic acids is 1. The monoisotopic (exact) mass is 442 g/mol. The maximum Gasteiger partial charge on any atom is 0.305 e. The Bertz CT molecular complexity index is 1360. The zero-order chi connectivity index (χ0) is 23.9. The van der Waals surface area contributed by atoms with E-state index < -0.39 is 12.0 Å². The van der Waals surface area contributed by atoms with Gasteiger partial charge in [-0.1, -0.05) is 36.4 Å². The normalized spacial score (nSPS) is 14.5. The van der Waals surface area contributed by atoms with E-state index in [1.54, 1.807) is 20.4 Å². The second-order valence-electron chi connectivity index (χ2n) is 8.39. The van der Waals surface area contributed by atoms with Gasteiger partial charge in [0.2, 0.25) is 0 Å². The average Bonchev–Trinajstić information content (AvgIpc) is 2.89. The number of nitrogens with zero attached hydrogens (tertiary/aromatic N) is 2. The lowest BCUT2D eigenvalue weighted by atomic mass is 9.86. The molecule has 2 aromatic carbocycles. The van der Waals surface area contributed by atoms with Crippen LogP contribution in [0.5, 0.6) is 5.75 Å². The molecule has 1 aromatic heterocycles. The smallest absolute Gasteiger partial charge is 0.305 e. The van der Waals surface area contributed by atoms with Crippen molar-refractivity contribution < 1.29 is 14.6 Å². The van der Waals surface area contributed by atoms with E-state index in [2.05, 4.69) is 6.58 Å². The molecule has 0 unspecified atom stereocenters. The summed E-state index contributed by atoms with van der Waals surface area (Å²) in [6.07, 6.45) is 1.52. The summed E-state index contributed by atoms with van der Waals surface area (Å²) in [4.78, 5) is 29.3. The largest absolute Gasteiger partial charge is 0.496 e. The van der Waals surface area contributed by atoms with Gasteiger partial charge in [-0.2, -0.15) is 0 Å². The molecule has 6 nitrogen and oxygen atoms in total. The van der Waals surface area contributed by atoms with Crippen LogP contribution in [0.3, 0.4) is 0 Å². The topological polar surface area (TPSA) is 80.9 Å². The molecule has 0 fully saturated rings. The molecule has 0 saturated heterocycles. The molecule has 0 radical (unpaired) electrons. The number of hydrogen-bond acceptors (Lipinski definition) is 4. The predicted molar refractivity (Wildman–Crippen MR) is 130 cm³/mol. The number of carboxylic acids is 1. The highest BCUT2D eigenvalue weighted by molar-refractivity contribution is 6.20. The summed E-state index contributed by atoms with van der Waals surface area (Å²) < 4.78 is 7.18. The van der Waals surface area contributed by atoms with Crippen LogP contribution in [0.2, 0.25) is 0 Å². The van der Waals surface area contributed by atoms with Gasteiger partial charge in [-0.15, -0.1) is 0 Å². The fraction of sp³-hybridized carbons (Fsp3) is 0.222. The van der Waals surface area contributed by atoms with Gasteiger partial charge in [0.15, 0.2) is 0 Å². The summed E-state index contributed by atoms with van der Waals surface area (Å²) in [7, 11) is 3.29. The van der Waals surface area contributed by atoms with Crippen molar-refractivity contribution in [1.29, 1.82) is 0 Å². The van der Waals surface area contributed by atoms with Crippen molar-refractivity contribution >= 4 is 17.3 Å². The van der Waals surface area contributed by atoms with E-state index in [1.165, 1.54) is 10.6 Å². The molecule has 1 aliphatic rings. The van der Waals surface area contributed by atoms with Crippen LogP contribution < -0.4 is 10.3 Å². The maximum absolute atomic E-state index is 12.5. The third-order valence-electron chi connectivity index (χ3n) is 5.94.